The lowest BCUT2D eigenvalue weighted by Crippen LogP contribution is -2.13. The first-order valence-electron chi connectivity index (χ1n) is 6.12. The topological polar surface area (TPSA) is 115 Å². The molecule has 0 aliphatic heterocycles. The number of hydrogen-bond donors (Lipinski definition) is 3. The molecule has 0 bridgehead atoms. The minimum atomic E-state index is -0.796. The lowest BCUT2D eigenvalue weighted by Gasteiger charge is -2.04. The molecule has 0 fully saturated rings. The van der Waals surface area contributed by atoms with Crippen LogP contribution in [0.25, 0.3) is 5.57 Å². The summed E-state index contributed by atoms with van der Waals surface area (Å²) >= 11 is 0. The number of rotatable bonds is 4. The zero-order chi connectivity index (χ0) is 15.2. The number of pyridine rings is 1. The summed E-state index contributed by atoms with van der Waals surface area (Å²) < 4.78 is 0. The van der Waals surface area contributed by atoms with Crippen LogP contribution in [0.15, 0.2) is 53.8 Å². The maximum atomic E-state index is 11.0. The standard InChI is InChI=1S/C15H14N4O2/c16-7-11(9-18-12-4-2-1-3-5-12)10-6-13(20)14(15(17)21)19-8-10/h1-9,20H,16H2,(H2,17,21)/b11-7+,18-9?. The first-order chi connectivity index (χ1) is 10.1. The van der Waals surface area contributed by atoms with E-state index in [0.717, 1.165) is 5.69 Å². The first kappa shape index (κ1) is 14.3. The molecule has 1 aromatic heterocycles. The van der Waals surface area contributed by atoms with Crippen molar-refractivity contribution in [2.45, 2.75) is 0 Å². The summed E-state index contributed by atoms with van der Waals surface area (Å²) in [7, 11) is 0. The van der Waals surface area contributed by atoms with Gasteiger partial charge >= 0.3 is 0 Å². The van der Waals surface area contributed by atoms with Crippen LogP contribution in [0.3, 0.4) is 0 Å². The molecule has 0 aliphatic rings. The van der Waals surface area contributed by atoms with Crippen LogP contribution < -0.4 is 11.5 Å². The number of carbonyl (C=O) groups is 1. The van der Waals surface area contributed by atoms with Crippen LogP contribution in [-0.2, 0) is 0 Å². The number of aromatic nitrogens is 1. The van der Waals surface area contributed by atoms with Gasteiger partial charge in [0, 0.05) is 29.7 Å². The number of nitrogens with two attached hydrogens (primary N) is 2. The lowest BCUT2D eigenvalue weighted by atomic mass is 10.1. The molecule has 0 atom stereocenters. The van der Waals surface area contributed by atoms with Crippen LogP contribution in [0.4, 0.5) is 5.69 Å². The summed E-state index contributed by atoms with van der Waals surface area (Å²) in [6, 6.07) is 10.7. The Morgan fingerprint density at radius 1 is 1.29 bits per heavy atom. The number of aliphatic imine (C=N–C) groups is 1. The highest BCUT2D eigenvalue weighted by molar-refractivity contribution is 6.10. The van der Waals surface area contributed by atoms with E-state index >= 15 is 0 Å². The average molecular weight is 282 g/mol. The number of allylic oxidation sites excluding steroid dienone is 1. The minimum Gasteiger partial charge on any atom is -0.505 e. The third-order valence-electron chi connectivity index (χ3n) is 2.72. The molecule has 106 valence electrons. The fourth-order valence-electron chi connectivity index (χ4n) is 1.67. The van der Waals surface area contributed by atoms with E-state index in [9.17, 15) is 9.90 Å². The van der Waals surface area contributed by atoms with Gasteiger partial charge in [-0.3, -0.25) is 9.79 Å². The third kappa shape index (κ3) is 3.44. The second kappa shape index (κ2) is 6.33. The smallest absolute Gasteiger partial charge is 0.271 e. The van der Waals surface area contributed by atoms with Gasteiger partial charge in [-0.15, -0.1) is 0 Å². The van der Waals surface area contributed by atoms with Crippen molar-refractivity contribution in [1.82, 2.24) is 4.98 Å². The van der Waals surface area contributed by atoms with Crippen molar-refractivity contribution >= 4 is 23.4 Å². The van der Waals surface area contributed by atoms with Crippen LogP contribution in [0.5, 0.6) is 5.75 Å². The summed E-state index contributed by atoms with van der Waals surface area (Å²) in [5.41, 5.74) is 12.3. The molecular formula is C15H14N4O2. The van der Waals surface area contributed by atoms with Gasteiger partial charge in [-0.1, -0.05) is 18.2 Å². The Kier molecular flexibility index (Phi) is 4.30. The molecule has 6 heteroatoms. The van der Waals surface area contributed by atoms with Crippen molar-refractivity contribution in [3.63, 3.8) is 0 Å². The van der Waals surface area contributed by atoms with Crippen LogP contribution in [-0.4, -0.2) is 22.2 Å². The molecule has 5 N–H and O–H groups in total. The first-order valence-corrected chi connectivity index (χ1v) is 6.12. The van der Waals surface area contributed by atoms with E-state index in [1.807, 2.05) is 30.3 Å². The minimum absolute atomic E-state index is 0.185. The van der Waals surface area contributed by atoms with Crippen molar-refractivity contribution in [2.75, 3.05) is 0 Å². The van der Waals surface area contributed by atoms with Gasteiger partial charge in [-0.05, 0) is 18.2 Å². The molecule has 0 saturated carbocycles. The number of benzene rings is 1. The van der Waals surface area contributed by atoms with Gasteiger partial charge in [0.2, 0.25) is 0 Å². The molecule has 1 amide bonds. The number of para-hydroxylation sites is 1. The largest absolute Gasteiger partial charge is 0.505 e. The van der Waals surface area contributed by atoms with Crippen LogP contribution in [0.2, 0.25) is 0 Å². The lowest BCUT2D eigenvalue weighted by molar-refractivity contribution is 0.0993. The van der Waals surface area contributed by atoms with Crippen LogP contribution in [0.1, 0.15) is 16.1 Å². The predicted molar refractivity (Wildman–Crippen MR) is 81.2 cm³/mol. The van der Waals surface area contributed by atoms with Crippen molar-refractivity contribution in [1.29, 1.82) is 0 Å². The molecule has 1 aromatic carbocycles. The quantitative estimate of drug-likeness (QED) is 0.738. The number of primary amides is 1. The molecule has 1 heterocycles. The molecule has 0 saturated heterocycles. The Morgan fingerprint density at radius 3 is 2.57 bits per heavy atom. The molecule has 2 rings (SSSR count). The molecule has 0 aliphatic carbocycles. The van der Waals surface area contributed by atoms with Gasteiger partial charge in [0.15, 0.2) is 5.69 Å². The normalized spacial score (nSPS) is 11.7. The molecule has 2 aromatic rings. The fourth-order valence-corrected chi connectivity index (χ4v) is 1.67. The van der Waals surface area contributed by atoms with Crippen molar-refractivity contribution < 1.29 is 9.90 Å². The maximum Gasteiger partial charge on any atom is 0.271 e. The summed E-state index contributed by atoms with van der Waals surface area (Å²) in [5.74, 6) is -1.09. The monoisotopic (exact) mass is 282 g/mol. The van der Waals surface area contributed by atoms with Gasteiger partial charge in [0.25, 0.3) is 5.91 Å². The SMILES string of the molecule is N/C=C(\C=Nc1ccccc1)c1cnc(C(N)=O)c(O)c1. The van der Waals surface area contributed by atoms with E-state index in [-0.39, 0.29) is 11.4 Å². The van der Waals surface area contributed by atoms with E-state index in [0.29, 0.717) is 11.1 Å². The molecule has 21 heavy (non-hydrogen) atoms. The average Bonchev–Trinajstić information content (AvgIpc) is 2.48. The van der Waals surface area contributed by atoms with E-state index in [1.165, 1.54) is 18.5 Å². The van der Waals surface area contributed by atoms with Crippen LogP contribution in [0, 0.1) is 0 Å². The Balaban J connectivity index is 2.29. The summed E-state index contributed by atoms with van der Waals surface area (Å²) in [4.78, 5) is 19.1. The number of amides is 1. The Hall–Kier alpha value is -3.15. The van der Waals surface area contributed by atoms with Gasteiger partial charge in [-0.25, -0.2) is 4.98 Å². The molecule has 6 nitrogen and oxygen atoms in total. The zero-order valence-corrected chi connectivity index (χ0v) is 11.1. The summed E-state index contributed by atoms with van der Waals surface area (Å²) in [6.45, 7) is 0. The Morgan fingerprint density at radius 2 is 2.00 bits per heavy atom. The van der Waals surface area contributed by atoms with Gasteiger partial charge in [0.1, 0.15) is 5.75 Å². The highest BCUT2D eigenvalue weighted by atomic mass is 16.3. The number of aromatic hydroxyl groups is 1. The van der Waals surface area contributed by atoms with Gasteiger partial charge in [-0.2, -0.15) is 0 Å². The Bertz CT molecular complexity index is 709. The van der Waals surface area contributed by atoms with Crippen molar-refractivity contribution in [3.05, 3.63) is 60.1 Å². The highest BCUT2D eigenvalue weighted by Gasteiger charge is 2.11. The summed E-state index contributed by atoms with van der Waals surface area (Å²) in [6.07, 6.45) is 4.29. The maximum absolute atomic E-state index is 11.0. The second-order valence-corrected chi connectivity index (χ2v) is 4.17. The van der Waals surface area contributed by atoms with E-state index in [1.54, 1.807) is 6.21 Å². The fraction of sp³-hybridized carbons (Fsp3) is 0. The third-order valence-corrected chi connectivity index (χ3v) is 2.72. The zero-order valence-electron chi connectivity index (χ0n) is 11.1. The van der Waals surface area contributed by atoms with E-state index in [4.69, 9.17) is 11.5 Å². The van der Waals surface area contributed by atoms with E-state index < -0.39 is 5.91 Å². The predicted octanol–water partition coefficient (Wildman–Crippen LogP) is 1.59. The molecule has 0 radical (unpaired) electrons. The second-order valence-electron chi connectivity index (χ2n) is 4.17. The molecule has 0 spiro atoms. The molecular weight excluding hydrogens is 268 g/mol. The Labute approximate surface area is 121 Å². The number of hydrogen-bond acceptors (Lipinski definition) is 5. The molecule has 0 unspecified atom stereocenters. The van der Waals surface area contributed by atoms with Gasteiger partial charge in [0.05, 0.1) is 5.69 Å². The summed E-state index contributed by atoms with van der Waals surface area (Å²) in [5, 5.41) is 9.72. The van der Waals surface area contributed by atoms with Gasteiger partial charge < -0.3 is 16.6 Å². The van der Waals surface area contributed by atoms with Crippen LogP contribution >= 0.6 is 0 Å². The van der Waals surface area contributed by atoms with E-state index in [2.05, 4.69) is 9.98 Å². The number of nitrogens with zero attached hydrogens (tertiary/aromatic N) is 2. The van der Waals surface area contributed by atoms with Crippen molar-refractivity contribution in [2.24, 2.45) is 16.5 Å². The highest BCUT2D eigenvalue weighted by Crippen LogP contribution is 2.20. The number of carbonyl (C=O) groups excluding carboxylic acids is 1. The van der Waals surface area contributed by atoms with Crippen molar-refractivity contribution in [3.8, 4) is 5.75 Å².